The van der Waals surface area contributed by atoms with Gasteiger partial charge in [0.2, 0.25) is 0 Å². The molecule has 1 N–H and O–H groups in total. The van der Waals surface area contributed by atoms with Crippen molar-refractivity contribution in [2.24, 2.45) is 4.99 Å². The predicted molar refractivity (Wildman–Crippen MR) is 149 cm³/mol. The van der Waals surface area contributed by atoms with E-state index >= 15 is 0 Å². The lowest BCUT2D eigenvalue weighted by molar-refractivity contribution is -0.115. The number of carbonyl (C=O) groups is 1. The molecule has 1 aliphatic rings. The molecule has 0 spiro atoms. The van der Waals surface area contributed by atoms with Crippen LogP contribution in [0.2, 0.25) is 5.02 Å². The number of carbonyl (C=O) groups excluding carboxylic acids is 1. The van der Waals surface area contributed by atoms with Crippen molar-refractivity contribution >= 4 is 46.2 Å². The quantitative estimate of drug-likeness (QED) is 0.242. The Balaban J connectivity index is 1.57. The second-order valence-corrected chi connectivity index (χ2v) is 9.59. The molecule has 1 fully saturated rings. The molecule has 4 rings (SSSR count). The molecule has 1 saturated heterocycles. The number of amidine groups is 1. The van der Waals surface area contributed by atoms with E-state index in [9.17, 15) is 4.79 Å². The summed E-state index contributed by atoms with van der Waals surface area (Å²) < 4.78 is 11.8. The Labute approximate surface area is 220 Å². The van der Waals surface area contributed by atoms with Gasteiger partial charge in [0, 0.05) is 10.6 Å². The van der Waals surface area contributed by atoms with Gasteiger partial charge < -0.3 is 14.8 Å². The van der Waals surface area contributed by atoms with E-state index in [1.807, 2.05) is 72.8 Å². The smallest absolute Gasteiger partial charge is 0.264 e. The highest BCUT2D eigenvalue weighted by Crippen LogP contribution is 2.36. The maximum absolute atomic E-state index is 12.6. The summed E-state index contributed by atoms with van der Waals surface area (Å²) in [7, 11) is 1.60. The van der Waals surface area contributed by atoms with Crippen molar-refractivity contribution in [3.63, 3.8) is 0 Å². The van der Waals surface area contributed by atoms with Crippen LogP contribution < -0.4 is 14.8 Å². The SMILES string of the molecule is C=CCc1cc(/C=C2\SC(=Nc3ccc(CC)cc3)NC2=O)cc(OC)c1OCc1ccc(Cl)cc1. The Morgan fingerprint density at radius 3 is 2.47 bits per heavy atom. The average molecular weight is 519 g/mol. The number of halogens is 1. The predicted octanol–water partition coefficient (Wildman–Crippen LogP) is 7.11. The normalized spacial score (nSPS) is 15.2. The van der Waals surface area contributed by atoms with Crippen molar-refractivity contribution in [1.29, 1.82) is 0 Å². The lowest BCUT2D eigenvalue weighted by Crippen LogP contribution is -2.19. The van der Waals surface area contributed by atoms with Crippen LogP contribution >= 0.6 is 23.4 Å². The number of ether oxygens (including phenoxy) is 2. The minimum absolute atomic E-state index is 0.184. The van der Waals surface area contributed by atoms with Crippen molar-refractivity contribution < 1.29 is 14.3 Å². The number of benzene rings is 3. The fourth-order valence-electron chi connectivity index (χ4n) is 3.68. The van der Waals surface area contributed by atoms with E-state index in [4.69, 9.17) is 21.1 Å². The van der Waals surface area contributed by atoms with Gasteiger partial charge in [-0.25, -0.2) is 4.99 Å². The van der Waals surface area contributed by atoms with Crippen molar-refractivity contribution in [2.45, 2.75) is 26.4 Å². The zero-order valence-electron chi connectivity index (χ0n) is 20.2. The molecule has 1 heterocycles. The van der Waals surface area contributed by atoms with Crippen LogP contribution in [0.25, 0.3) is 6.08 Å². The summed E-state index contributed by atoms with van der Waals surface area (Å²) in [6, 6.07) is 19.4. The molecule has 0 aliphatic carbocycles. The first-order valence-electron chi connectivity index (χ1n) is 11.6. The van der Waals surface area contributed by atoms with Gasteiger partial charge in [-0.3, -0.25) is 4.79 Å². The summed E-state index contributed by atoms with van der Waals surface area (Å²) in [5, 5.41) is 4.08. The van der Waals surface area contributed by atoms with E-state index in [1.165, 1.54) is 17.3 Å². The van der Waals surface area contributed by atoms with Crippen LogP contribution in [-0.4, -0.2) is 18.2 Å². The molecule has 36 heavy (non-hydrogen) atoms. The molecule has 0 unspecified atom stereocenters. The number of hydrogen-bond donors (Lipinski definition) is 1. The maximum Gasteiger partial charge on any atom is 0.264 e. The Morgan fingerprint density at radius 2 is 1.81 bits per heavy atom. The molecule has 1 aliphatic heterocycles. The summed E-state index contributed by atoms with van der Waals surface area (Å²) in [6.07, 6.45) is 5.20. The van der Waals surface area contributed by atoms with Gasteiger partial charge >= 0.3 is 0 Å². The standard InChI is InChI=1S/C29H27ClN2O3S/c1-4-6-22-15-21(16-25(34-3)27(22)35-18-20-7-11-23(30)12-8-20)17-26-28(33)32-29(36-26)31-24-13-9-19(5-2)10-14-24/h4,7-17H,1,5-6,18H2,2-3H3,(H,31,32,33)/b26-17-. The van der Waals surface area contributed by atoms with Gasteiger partial charge in [-0.1, -0.05) is 48.9 Å². The first kappa shape index (κ1) is 25.6. The molecular weight excluding hydrogens is 492 g/mol. The number of methoxy groups -OCH3 is 1. The molecule has 0 saturated carbocycles. The Morgan fingerprint density at radius 1 is 1.08 bits per heavy atom. The molecule has 0 aromatic heterocycles. The number of nitrogens with zero attached hydrogens (tertiary/aromatic N) is 1. The highest BCUT2D eigenvalue weighted by molar-refractivity contribution is 8.18. The highest BCUT2D eigenvalue weighted by Gasteiger charge is 2.24. The number of allylic oxidation sites excluding steroid dienone is 1. The van der Waals surface area contributed by atoms with E-state index in [0.717, 1.165) is 28.8 Å². The summed E-state index contributed by atoms with van der Waals surface area (Å²) >= 11 is 7.30. The number of aryl methyl sites for hydroxylation is 1. The summed E-state index contributed by atoms with van der Waals surface area (Å²) in [5.41, 5.74) is 4.78. The summed E-state index contributed by atoms with van der Waals surface area (Å²) in [4.78, 5) is 17.8. The summed E-state index contributed by atoms with van der Waals surface area (Å²) in [5.74, 6) is 1.05. The average Bonchev–Trinajstić information content (AvgIpc) is 3.22. The van der Waals surface area contributed by atoms with Gasteiger partial charge in [-0.05, 0) is 83.8 Å². The molecule has 184 valence electrons. The van der Waals surface area contributed by atoms with Crippen molar-refractivity contribution in [2.75, 3.05) is 7.11 Å². The number of thioether (sulfide) groups is 1. The minimum Gasteiger partial charge on any atom is -0.493 e. The Bertz CT molecular complexity index is 1320. The topological polar surface area (TPSA) is 59.9 Å². The Hall–Kier alpha value is -3.48. The lowest BCUT2D eigenvalue weighted by atomic mass is 10.0. The van der Waals surface area contributed by atoms with Crippen LogP contribution in [0, 0.1) is 0 Å². The van der Waals surface area contributed by atoms with Crippen LogP contribution in [0.3, 0.4) is 0 Å². The van der Waals surface area contributed by atoms with Crippen LogP contribution in [0.5, 0.6) is 11.5 Å². The molecular formula is C29H27ClN2O3S. The molecule has 0 atom stereocenters. The number of nitrogens with one attached hydrogen (secondary N) is 1. The second kappa shape index (κ2) is 12.0. The molecule has 5 nitrogen and oxygen atoms in total. The number of aliphatic imine (C=N–C) groups is 1. The zero-order valence-corrected chi connectivity index (χ0v) is 21.8. The molecule has 0 bridgehead atoms. The lowest BCUT2D eigenvalue weighted by Gasteiger charge is -2.16. The van der Waals surface area contributed by atoms with Crippen LogP contribution in [0.4, 0.5) is 5.69 Å². The third-order valence-electron chi connectivity index (χ3n) is 5.56. The fraction of sp³-hybridized carbons (Fsp3) is 0.172. The van der Waals surface area contributed by atoms with Crippen LogP contribution in [0.1, 0.15) is 29.2 Å². The first-order chi connectivity index (χ1) is 17.5. The third-order valence-corrected chi connectivity index (χ3v) is 6.72. The van der Waals surface area contributed by atoms with E-state index in [2.05, 4.69) is 23.8 Å². The van der Waals surface area contributed by atoms with Gasteiger partial charge in [0.05, 0.1) is 17.7 Å². The van der Waals surface area contributed by atoms with Gasteiger partial charge in [0.1, 0.15) is 6.61 Å². The number of amides is 1. The minimum atomic E-state index is -0.184. The van der Waals surface area contributed by atoms with E-state index in [1.54, 1.807) is 7.11 Å². The van der Waals surface area contributed by atoms with Crippen molar-refractivity contribution in [3.8, 4) is 11.5 Å². The van der Waals surface area contributed by atoms with Crippen LogP contribution in [0.15, 0.2) is 83.2 Å². The van der Waals surface area contributed by atoms with Gasteiger partial charge in [-0.15, -0.1) is 6.58 Å². The molecule has 1 amide bonds. The summed E-state index contributed by atoms with van der Waals surface area (Å²) in [6.45, 7) is 6.36. The third kappa shape index (κ3) is 6.39. The monoisotopic (exact) mass is 518 g/mol. The Kier molecular flexibility index (Phi) is 8.52. The molecule has 7 heteroatoms. The van der Waals surface area contributed by atoms with E-state index < -0.39 is 0 Å². The van der Waals surface area contributed by atoms with E-state index in [-0.39, 0.29) is 5.91 Å². The number of rotatable bonds is 9. The van der Waals surface area contributed by atoms with Gasteiger partial charge in [0.25, 0.3) is 5.91 Å². The maximum atomic E-state index is 12.6. The van der Waals surface area contributed by atoms with Crippen LogP contribution in [-0.2, 0) is 24.2 Å². The van der Waals surface area contributed by atoms with Crippen molar-refractivity contribution in [1.82, 2.24) is 5.32 Å². The largest absolute Gasteiger partial charge is 0.493 e. The first-order valence-corrected chi connectivity index (χ1v) is 12.8. The fourth-order valence-corrected chi connectivity index (χ4v) is 4.65. The van der Waals surface area contributed by atoms with Crippen molar-refractivity contribution in [3.05, 3.63) is 106 Å². The second-order valence-electron chi connectivity index (χ2n) is 8.12. The zero-order chi connectivity index (χ0) is 25.5. The molecule has 3 aromatic rings. The number of hydrogen-bond acceptors (Lipinski definition) is 5. The van der Waals surface area contributed by atoms with Gasteiger partial charge in [-0.2, -0.15) is 0 Å². The highest BCUT2D eigenvalue weighted by atomic mass is 35.5. The van der Waals surface area contributed by atoms with Gasteiger partial charge in [0.15, 0.2) is 16.7 Å². The van der Waals surface area contributed by atoms with E-state index in [0.29, 0.717) is 39.6 Å². The molecule has 0 radical (unpaired) electrons. The molecule has 3 aromatic carbocycles.